The van der Waals surface area contributed by atoms with Crippen LogP contribution in [-0.2, 0) is 19.1 Å². The van der Waals surface area contributed by atoms with Crippen LogP contribution in [0.1, 0.15) is 32.6 Å². The minimum Gasteiger partial charge on any atom is -0.450 e. The van der Waals surface area contributed by atoms with Crippen molar-refractivity contribution in [3.63, 3.8) is 0 Å². The first-order valence-corrected chi connectivity index (χ1v) is 8.22. The first-order chi connectivity index (χ1) is 11.1. The molecule has 0 aromatic rings. The lowest BCUT2D eigenvalue weighted by molar-refractivity contribution is -0.140. The van der Waals surface area contributed by atoms with Crippen molar-refractivity contribution in [1.82, 2.24) is 15.5 Å². The van der Waals surface area contributed by atoms with Crippen molar-refractivity contribution in [3.8, 4) is 0 Å². The average molecular weight is 327 g/mol. The van der Waals surface area contributed by atoms with Crippen molar-refractivity contribution in [2.24, 2.45) is 0 Å². The summed E-state index contributed by atoms with van der Waals surface area (Å²) in [6.45, 7) is 4.22. The number of amides is 3. The number of ether oxygens (including phenoxy) is 2. The maximum Gasteiger partial charge on any atom is 0.409 e. The summed E-state index contributed by atoms with van der Waals surface area (Å²) in [4.78, 5) is 36.8. The summed E-state index contributed by atoms with van der Waals surface area (Å²) < 4.78 is 10.3. The van der Waals surface area contributed by atoms with E-state index in [1.165, 1.54) is 0 Å². The molecule has 2 rings (SSSR count). The molecule has 1 atom stereocenters. The minimum absolute atomic E-state index is 0.0135. The highest BCUT2D eigenvalue weighted by molar-refractivity contribution is 6.35. The number of nitrogens with one attached hydrogen (secondary N) is 2. The standard InChI is InChI=1S/C15H25N3O5/c1-2-22-15(21)18-7-5-11(6-8-18)17-14(20)13(19)16-10-12-4-3-9-23-12/h11-12H,2-10H2,1H3,(H,16,19)(H,17,20). The number of likely N-dealkylation sites (tertiary alicyclic amines) is 1. The molecule has 0 radical (unpaired) electrons. The van der Waals surface area contributed by atoms with Gasteiger partial charge in [0.05, 0.1) is 12.7 Å². The molecule has 2 N–H and O–H groups in total. The summed E-state index contributed by atoms with van der Waals surface area (Å²) in [5.41, 5.74) is 0. The predicted molar refractivity (Wildman–Crippen MR) is 81.7 cm³/mol. The van der Waals surface area contributed by atoms with E-state index in [1.54, 1.807) is 11.8 Å². The van der Waals surface area contributed by atoms with E-state index in [0.717, 1.165) is 12.8 Å². The van der Waals surface area contributed by atoms with Crippen LogP contribution in [0.2, 0.25) is 0 Å². The van der Waals surface area contributed by atoms with E-state index in [2.05, 4.69) is 10.6 Å². The largest absolute Gasteiger partial charge is 0.450 e. The van der Waals surface area contributed by atoms with Gasteiger partial charge in [0.25, 0.3) is 0 Å². The van der Waals surface area contributed by atoms with Crippen molar-refractivity contribution in [2.45, 2.75) is 44.8 Å². The van der Waals surface area contributed by atoms with E-state index in [-0.39, 0.29) is 18.2 Å². The summed E-state index contributed by atoms with van der Waals surface area (Å²) in [5.74, 6) is -1.26. The summed E-state index contributed by atoms with van der Waals surface area (Å²) in [6.07, 6.45) is 2.82. The molecule has 23 heavy (non-hydrogen) atoms. The van der Waals surface area contributed by atoms with E-state index in [9.17, 15) is 14.4 Å². The Morgan fingerprint density at radius 1 is 1.17 bits per heavy atom. The predicted octanol–water partition coefficient (Wildman–Crippen LogP) is 0.0187. The molecule has 8 nitrogen and oxygen atoms in total. The van der Waals surface area contributed by atoms with E-state index in [0.29, 0.717) is 45.7 Å². The molecule has 0 aromatic carbocycles. The zero-order valence-electron chi connectivity index (χ0n) is 13.5. The number of rotatable bonds is 4. The molecule has 3 amide bonds. The average Bonchev–Trinajstić information content (AvgIpc) is 3.07. The minimum atomic E-state index is -0.631. The van der Waals surface area contributed by atoms with Gasteiger partial charge in [-0.15, -0.1) is 0 Å². The van der Waals surface area contributed by atoms with Gasteiger partial charge in [-0.2, -0.15) is 0 Å². The lowest BCUT2D eigenvalue weighted by Crippen LogP contribution is -2.50. The molecular formula is C15H25N3O5. The second-order valence-electron chi connectivity index (χ2n) is 5.78. The van der Waals surface area contributed by atoms with Crippen LogP contribution in [0.3, 0.4) is 0 Å². The highest BCUT2D eigenvalue weighted by atomic mass is 16.6. The van der Waals surface area contributed by atoms with Crippen molar-refractivity contribution >= 4 is 17.9 Å². The highest BCUT2D eigenvalue weighted by Crippen LogP contribution is 2.12. The van der Waals surface area contributed by atoms with Crippen molar-refractivity contribution in [2.75, 3.05) is 32.8 Å². The lowest BCUT2D eigenvalue weighted by atomic mass is 10.1. The van der Waals surface area contributed by atoms with E-state index < -0.39 is 11.8 Å². The zero-order chi connectivity index (χ0) is 16.7. The lowest BCUT2D eigenvalue weighted by Gasteiger charge is -2.31. The van der Waals surface area contributed by atoms with Crippen LogP contribution in [0.4, 0.5) is 4.79 Å². The van der Waals surface area contributed by atoms with Gasteiger partial charge in [-0.1, -0.05) is 0 Å². The second-order valence-corrected chi connectivity index (χ2v) is 5.78. The number of carbonyl (C=O) groups excluding carboxylic acids is 3. The molecule has 0 saturated carbocycles. The Kier molecular flexibility index (Phi) is 6.64. The fraction of sp³-hybridized carbons (Fsp3) is 0.800. The fourth-order valence-electron chi connectivity index (χ4n) is 2.76. The number of nitrogens with zero attached hydrogens (tertiary/aromatic N) is 1. The second kappa shape index (κ2) is 8.71. The van der Waals surface area contributed by atoms with E-state index in [1.807, 2.05) is 0 Å². The quantitative estimate of drug-likeness (QED) is 0.710. The Hall–Kier alpha value is -1.83. The molecule has 0 aliphatic carbocycles. The van der Waals surface area contributed by atoms with Crippen molar-refractivity contribution < 1.29 is 23.9 Å². The van der Waals surface area contributed by atoms with E-state index in [4.69, 9.17) is 9.47 Å². The van der Waals surface area contributed by atoms with Gasteiger partial charge in [0.15, 0.2) is 0 Å². The molecule has 2 heterocycles. The van der Waals surface area contributed by atoms with Gasteiger partial charge in [0.2, 0.25) is 0 Å². The Labute approximate surface area is 135 Å². The van der Waals surface area contributed by atoms with Gasteiger partial charge in [0.1, 0.15) is 0 Å². The zero-order valence-corrected chi connectivity index (χ0v) is 13.5. The molecule has 2 saturated heterocycles. The van der Waals surface area contributed by atoms with Crippen LogP contribution in [0, 0.1) is 0 Å². The Bertz CT molecular complexity index is 429. The molecule has 2 aliphatic rings. The van der Waals surface area contributed by atoms with Crippen LogP contribution in [0.5, 0.6) is 0 Å². The normalized spacial score (nSPS) is 21.8. The number of hydrogen-bond donors (Lipinski definition) is 2. The number of piperidine rings is 1. The maximum absolute atomic E-state index is 11.9. The monoisotopic (exact) mass is 327 g/mol. The molecule has 2 aliphatic heterocycles. The van der Waals surface area contributed by atoms with Crippen LogP contribution in [0.15, 0.2) is 0 Å². The Morgan fingerprint density at radius 2 is 1.91 bits per heavy atom. The third kappa shape index (κ3) is 5.38. The highest BCUT2D eigenvalue weighted by Gasteiger charge is 2.26. The molecule has 130 valence electrons. The van der Waals surface area contributed by atoms with E-state index >= 15 is 0 Å². The summed E-state index contributed by atoms with van der Waals surface area (Å²) in [6, 6.07) is -0.0957. The summed E-state index contributed by atoms with van der Waals surface area (Å²) in [7, 11) is 0. The maximum atomic E-state index is 11.9. The van der Waals surface area contributed by atoms with Gasteiger partial charge in [-0.25, -0.2) is 4.79 Å². The van der Waals surface area contributed by atoms with Gasteiger partial charge in [-0.3, -0.25) is 9.59 Å². The third-order valence-electron chi connectivity index (χ3n) is 4.08. The Balaban J connectivity index is 1.65. The van der Waals surface area contributed by atoms with Crippen LogP contribution in [0.25, 0.3) is 0 Å². The first kappa shape index (κ1) is 17.5. The fourth-order valence-corrected chi connectivity index (χ4v) is 2.76. The van der Waals surface area contributed by atoms with Gasteiger partial charge < -0.3 is 25.0 Å². The smallest absolute Gasteiger partial charge is 0.409 e. The van der Waals surface area contributed by atoms with Crippen LogP contribution < -0.4 is 10.6 Å². The number of hydrogen-bond acceptors (Lipinski definition) is 5. The van der Waals surface area contributed by atoms with Crippen LogP contribution in [-0.4, -0.2) is 67.8 Å². The summed E-state index contributed by atoms with van der Waals surface area (Å²) >= 11 is 0. The van der Waals surface area contributed by atoms with Gasteiger partial charge >= 0.3 is 17.9 Å². The SMILES string of the molecule is CCOC(=O)N1CCC(NC(=O)C(=O)NCC2CCCO2)CC1. The molecule has 8 heteroatoms. The number of carbonyl (C=O) groups is 3. The first-order valence-electron chi connectivity index (χ1n) is 8.22. The topological polar surface area (TPSA) is 97.0 Å². The molecule has 0 aromatic heterocycles. The van der Waals surface area contributed by atoms with Crippen molar-refractivity contribution in [1.29, 1.82) is 0 Å². The molecule has 0 spiro atoms. The van der Waals surface area contributed by atoms with Gasteiger partial charge in [-0.05, 0) is 32.6 Å². The Morgan fingerprint density at radius 3 is 2.52 bits per heavy atom. The third-order valence-corrected chi connectivity index (χ3v) is 4.08. The van der Waals surface area contributed by atoms with Gasteiger partial charge in [0, 0.05) is 32.3 Å². The van der Waals surface area contributed by atoms with Crippen molar-refractivity contribution in [3.05, 3.63) is 0 Å². The molecular weight excluding hydrogens is 302 g/mol. The molecule has 0 bridgehead atoms. The molecule has 1 unspecified atom stereocenters. The molecule has 2 fully saturated rings. The summed E-state index contributed by atoms with van der Waals surface area (Å²) in [5, 5.41) is 5.31. The van der Waals surface area contributed by atoms with Crippen LogP contribution >= 0.6 is 0 Å².